The molecule has 2 aromatic carbocycles. The Morgan fingerprint density at radius 2 is 0.676 bits per heavy atom. The SMILES string of the molecule is C(=N/Nc1ncnc2sc3c(c12)CCCC3)/c1ccc[nH]1.C(=N/Nc1ncnc2sc3c(c12)CCCC3)/c1ccccn1.C(=N/Nc1ncnc2sc3c(c12)CCCC3)/c1ccco1.C(=N/Nc1ncnc2sc3c(c12)CCCC3)/c1ccncc1.O=[N+]([O-])c1ccc(/C=N\Nc2ncnc3sc4c(c23)CCCC4)cc1.O=[N+]([O-])c1ccccc1/C=N\Nc1ncnc2sc3c(c12)CCCC3. The third kappa shape index (κ3) is 21.5. The lowest BCUT2D eigenvalue weighted by Gasteiger charge is -2.11. The van der Waals surface area contributed by atoms with Crippen LogP contribution in [0.3, 0.4) is 0 Å². The van der Waals surface area contributed by atoms with E-state index in [9.17, 15) is 20.2 Å². The van der Waals surface area contributed by atoms with Gasteiger partial charge in [-0.1, -0.05) is 18.2 Å². The van der Waals surface area contributed by atoms with Crippen LogP contribution in [0.25, 0.3) is 61.3 Å². The fraction of sp³-hybridized carbons (Fsp3) is 0.250. The number of nitrogens with zero attached hydrogens (tertiary/aromatic N) is 22. The molecule has 16 heterocycles. The number of pyridine rings is 2. The van der Waals surface area contributed by atoms with Crippen molar-refractivity contribution in [2.75, 3.05) is 32.6 Å². The number of benzene rings is 2. The van der Waals surface area contributed by atoms with Crippen LogP contribution in [0.4, 0.5) is 46.3 Å². The average molecular weight is 1920 g/mol. The summed E-state index contributed by atoms with van der Waals surface area (Å²) in [6, 6.07) is 29.9. The van der Waals surface area contributed by atoms with E-state index in [1.807, 2.05) is 60.8 Å². The number of anilines is 6. The number of hydrazone groups is 6. The summed E-state index contributed by atoms with van der Waals surface area (Å²) in [5.74, 6) is 5.25. The zero-order valence-electron chi connectivity index (χ0n) is 73.4. The second-order valence-corrected chi connectivity index (χ2v) is 38.7. The first-order valence-corrected chi connectivity index (χ1v) is 49.7. The highest BCUT2D eigenvalue weighted by molar-refractivity contribution is 7.20. The summed E-state index contributed by atoms with van der Waals surface area (Å²) in [6.07, 6.45) is 56.5. The molecule has 24 rings (SSSR count). The van der Waals surface area contributed by atoms with E-state index >= 15 is 0 Å². The summed E-state index contributed by atoms with van der Waals surface area (Å²) in [6.45, 7) is 0. The number of aromatic nitrogens is 15. The van der Waals surface area contributed by atoms with Crippen LogP contribution in [-0.2, 0) is 77.0 Å². The van der Waals surface area contributed by atoms with Gasteiger partial charge in [0.15, 0.2) is 34.9 Å². The number of fused-ring (bicyclic) bond motifs is 18. The maximum absolute atomic E-state index is 11.1. The third-order valence-corrected chi connectivity index (χ3v) is 30.7. The molecular formula is C96H89N29O5S6. The van der Waals surface area contributed by atoms with Gasteiger partial charge in [-0.15, -0.1) is 68.0 Å². The standard InChI is InChI=1S/2C17H15N5O2S.2C16H15N5S.C15H15N5S.C15H14N4OS/c23-22(24)13-7-3-1-5-11(13)9-20-21-16-15-12-6-2-4-8-14(12)25-17(15)19-10-18-16;23-22(24)12-7-5-11(6-8-12)9-20-21-16-15-13-3-1-2-4-14(13)25-17(15)19-10-18-16;1-2-7-13-12(6-1)14-15(18-10-19-16(14)22-13)21-20-9-11-5-3-4-8-17-11;1-2-4-13-12(3-1)14-15(18-10-19-16(14)22-13)21-20-9-11-5-7-17-8-6-11;1-2-6-12-11(5-1)13-14(17-9-18-15(13)21-12)20-19-8-10-4-3-7-16-10;1-2-6-12-11(5-1)13-14(16-9-17-15(13)21-12)19-18-8-10-4-3-7-20-10/h1,3,5,7,9-10H,2,4,6,8H2,(H,18,19,21);5-10H,1-4H2,(H,18,19,21);3-5,8-10H,1-2,6-7H2,(H,18,19,21);5-10H,1-4H2,(H,18,19,21);3-4,7-9,16H,1-2,5-6H2,(H,17,18,20);3-4,7-9H,1-2,5-6H2,(H,16,17,19)/b4*20-9-;19-8-;18-8-. The molecule has 18 aromatic rings. The van der Waals surface area contributed by atoms with Gasteiger partial charge < -0.3 is 9.40 Å². The molecule has 0 saturated carbocycles. The molecule has 34 nitrogen and oxygen atoms in total. The fourth-order valence-corrected chi connectivity index (χ4v) is 24.5. The first-order chi connectivity index (χ1) is 67.1. The van der Waals surface area contributed by atoms with Gasteiger partial charge in [0.05, 0.1) is 103 Å². The summed E-state index contributed by atoms with van der Waals surface area (Å²) in [7, 11) is 0. The zero-order valence-corrected chi connectivity index (χ0v) is 78.3. The van der Waals surface area contributed by atoms with Crippen molar-refractivity contribution in [2.45, 2.75) is 154 Å². The molecule has 0 spiro atoms. The number of aromatic amines is 1. The molecule has 0 aliphatic heterocycles. The summed E-state index contributed by atoms with van der Waals surface area (Å²) in [5.41, 5.74) is 30.5. The van der Waals surface area contributed by atoms with Crippen molar-refractivity contribution in [3.8, 4) is 0 Å². The van der Waals surface area contributed by atoms with Crippen molar-refractivity contribution in [3.05, 3.63) is 289 Å². The second kappa shape index (κ2) is 43.9. The van der Waals surface area contributed by atoms with Crippen LogP contribution in [0.15, 0.2) is 207 Å². The number of hydrogen-bond acceptors (Lipinski definition) is 37. The van der Waals surface area contributed by atoms with Crippen molar-refractivity contribution < 1.29 is 14.3 Å². The van der Waals surface area contributed by atoms with Crippen LogP contribution in [0.2, 0.25) is 0 Å². The summed E-state index contributed by atoms with van der Waals surface area (Å²) in [4.78, 5) is 99.5. The molecule has 6 aliphatic rings. The highest BCUT2D eigenvalue weighted by Gasteiger charge is 2.27. The topological polar surface area (TPSA) is 442 Å². The smallest absolute Gasteiger partial charge is 0.278 e. The molecule has 40 heteroatoms. The van der Waals surface area contributed by atoms with E-state index in [4.69, 9.17) is 4.42 Å². The van der Waals surface area contributed by atoms with E-state index in [2.05, 4.69) is 138 Å². The van der Waals surface area contributed by atoms with Crippen molar-refractivity contribution >= 4 is 213 Å². The fourth-order valence-electron chi connectivity index (χ4n) is 17.2. The van der Waals surface area contributed by atoms with Gasteiger partial charge in [-0.05, 0) is 265 Å². The van der Waals surface area contributed by atoms with Gasteiger partial charge in [0.1, 0.15) is 72.7 Å². The summed E-state index contributed by atoms with van der Waals surface area (Å²) in [5, 5.41) is 53.9. The van der Waals surface area contributed by atoms with Crippen LogP contribution in [0, 0.1) is 20.2 Å². The Balaban J connectivity index is 0.000000105. The van der Waals surface area contributed by atoms with E-state index in [1.165, 1.54) is 177 Å². The minimum atomic E-state index is -0.420. The van der Waals surface area contributed by atoms with Gasteiger partial charge in [0.25, 0.3) is 11.4 Å². The summed E-state index contributed by atoms with van der Waals surface area (Å²) >= 11 is 10.6. The maximum atomic E-state index is 11.1. The average Bonchev–Trinajstić information content (AvgIpc) is 1.66. The van der Waals surface area contributed by atoms with Crippen LogP contribution >= 0.6 is 68.0 Å². The number of H-pyrrole nitrogens is 1. The molecule has 684 valence electrons. The highest BCUT2D eigenvalue weighted by Crippen LogP contribution is 2.45. The lowest BCUT2D eigenvalue weighted by Crippen LogP contribution is -2.01. The molecule has 7 N–H and O–H groups in total. The van der Waals surface area contributed by atoms with Crippen LogP contribution in [0.1, 0.15) is 174 Å². The number of non-ortho nitro benzene ring substituents is 1. The predicted molar refractivity (Wildman–Crippen MR) is 546 cm³/mol. The number of furan rings is 1. The molecule has 0 unspecified atom stereocenters. The Hall–Kier alpha value is -14.8. The lowest BCUT2D eigenvalue weighted by atomic mass is 9.97. The minimum absolute atomic E-state index is 0.0220. The molecular weight excluding hydrogens is 1830 g/mol. The monoisotopic (exact) mass is 1920 g/mol. The van der Waals surface area contributed by atoms with Crippen molar-refractivity contribution in [1.29, 1.82) is 0 Å². The Morgan fingerprint density at radius 1 is 0.324 bits per heavy atom. The second-order valence-electron chi connectivity index (χ2n) is 32.2. The van der Waals surface area contributed by atoms with E-state index in [1.54, 1.807) is 186 Å². The maximum Gasteiger partial charge on any atom is 0.278 e. The number of nitro groups is 2. The van der Waals surface area contributed by atoms with Crippen LogP contribution < -0.4 is 32.6 Å². The normalized spacial score (nSPS) is 14.3. The van der Waals surface area contributed by atoms with Crippen molar-refractivity contribution in [1.82, 2.24) is 74.8 Å². The molecule has 0 atom stereocenters. The largest absolute Gasteiger partial charge is 0.463 e. The van der Waals surface area contributed by atoms with E-state index in [-0.39, 0.29) is 11.4 Å². The zero-order chi connectivity index (χ0) is 92.1. The molecule has 136 heavy (non-hydrogen) atoms. The van der Waals surface area contributed by atoms with Gasteiger partial charge in [0.2, 0.25) is 0 Å². The predicted octanol–water partition coefficient (Wildman–Crippen LogP) is 21.6. The number of thiophene rings is 6. The Bertz CT molecular complexity index is 7160. The van der Waals surface area contributed by atoms with Crippen molar-refractivity contribution in [2.24, 2.45) is 30.6 Å². The van der Waals surface area contributed by atoms with E-state index in [0.29, 0.717) is 23.0 Å². The van der Waals surface area contributed by atoms with Crippen LogP contribution in [-0.4, -0.2) is 122 Å². The number of hydrogen-bond donors (Lipinski definition) is 7. The molecule has 0 bridgehead atoms. The van der Waals surface area contributed by atoms with E-state index in [0.717, 1.165) is 178 Å². The van der Waals surface area contributed by atoms with Crippen molar-refractivity contribution in [3.63, 3.8) is 0 Å². The number of aryl methyl sites for hydroxylation is 12. The van der Waals surface area contributed by atoms with E-state index < -0.39 is 9.85 Å². The lowest BCUT2D eigenvalue weighted by molar-refractivity contribution is -0.385. The quantitative estimate of drug-likeness (QED) is 0.0212. The minimum Gasteiger partial charge on any atom is -0.463 e. The van der Waals surface area contributed by atoms with Crippen LogP contribution in [0.5, 0.6) is 0 Å². The number of para-hydroxylation sites is 1. The van der Waals surface area contributed by atoms with Gasteiger partial charge in [0, 0.05) is 72.2 Å². The first-order valence-electron chi connectivity index (χ1n) is 44.8. The Kier molecular flexibility index (Phi) is 29.2. The third-order valence-electron chi connectivity index (χ3n) is 23.6. The molecule has 0 saturated heterocycles. The molecule has 0 amide bonds. The number of nitrogens with one attached hydrogen (secondary N) is 7. The Morgan fingerprint density at radius 3 is 1.03 bits per heavy atom. The Labute approximate surface area is 802 Å². The summed E-state index contributed by atoms with van der Waals surface area (Å²) < 4.78 is 5.21. The molecule has 16 aromatic heterocycles. The first kappa shape index (κ1) is 90.3. The number of rotatable bonds is 20. The molecule has 0 fully saturated rings. The molecule has 0 radical (unpaired) electrons. The van der Waals surface area contributed by atoms with Gasteiger partial charge in [-0.2, -0.15) is 30.6 Å². The molecule has 6 aliphatic carbocycles. The van der Waals surface area contributed by atoms with Gasteiger partial charge in [-0.3, -0.25) is 62.8 Å². The number of nitro benzene ring substituents is 2. The van der Waals surface area contributed by atoms with Gasteiger partial charge >= 0.3 is 0 Å². The highest BCUT2D eigenvalue weighted by atomic mass is 32.1. The van der Waals surface area contributed by atoms with Gasteiger partial charge in [-0.25, -0.2) is 59.8 Å².